The van der Waals surface area contributed by atoms with Crippen LogP contribution in [0.3, 0.4) is 0 Å². The largest absolute Gasteiger partial charge is 0.507 e. The number of phenolic OH excluding ortho intramolecular Hbond substituents is 1. The number of aliphatic carboxylic acids is 2. The lowest BCUT2D eigenvalue weighted by atomic mass is 9.89. The first-order valence-corrected chi connectivity index (χ1v) is 10.3. The first-order chi connectivity index (χ1) is 16.1. The molecule has 0 fully saturated rings. The van der Waals surface area contributed by atoms with Gasteiger partial charge in [-0.2, -0.15) is 0 Å². The molecule has 9 nitrogen and oxygen atoms in total. The van der Waals surface area contributed by atoms with Crippen LogP contribution in [0.5, 0.6) is 5.75 Å². The van der Waals surface area contributed by atoms with E-state index < -0.39 is 24.3 Å². The van der Waals surface area contributed by atoms with E-state index in [0.717, 1.165) is 10.9 Å². The van der Waals surface area contributed by atoms with Crippen LogP contribution < -0.4 is 11.5 Å². The minimum Gasteiger partial charge on any atom is -0.507 e. The molecule has 0 aliphatic heterocycles. The summed E-state index contributed by atoms with van der Waals surface area (Å²) in [6.45, 7) is 0. The molecule has 0 radical (unpaired) electrons. The molecule has 1 unspecified atom stereocenters. The number of carboxylic acids is 2. The Bertz CT molecular complexity index is 1460. The van der Waals surface area contributed by atoms with Crippen molar-refractivity contribution in [2.75, 3.05) is 5.73 Å². The Kier molecular flexibility index (Phi) is 5.68. The molecule has 0 aliphatic rings. The normalized spacial score (nSPS) is 11.9. The third-order valence-electron chi connectivity index (χ3n) is 5.63. The van der Waals surface area contributed by atoms with Gasteiger partial charge in [0.2, 0.25) is 0 Å². The zero-order valence-corrected chi connectivity index (χ0v) is 17.9. The summed E-state index contributed by atoms with van der Waals surface area (Å²) in [5, 5.41) is 38.6. The summed E-state index contributed by atoms with van der Waals surface area (Å²) in [6.07, 6.45) is -0.620. The molecule has 1 atom stereocenters. The molecule has 1 aromatic heterocycles. The van der Waals surface area contributed by atoms with Crippen molar-refractivity contribution in [2.24, 2.45) is 5.73 Å². The van der Waals surface area contributed by atoms with E-state index in [2.05, 4.69) is 4.98 Å². The molecule has 1 heterocycles. The molecule has 172 valence electrons. The quantitative estimate of drug-likeness (QED) is 0.125. The van der Waals surface area contributed by atoms with Crippen molar-refractivity contribution in [3.63, 3.8) is 0 Å². The molecule has 3 aromatic carbocycles. The minimum absolute atomic E-state index is 0.0867. The van der Waals surface area contributed by atoms with E-state index in [1.54, 1.807) is 48.5 Å². The van der Waals surface area contributed by atoms with Gasteiger partial charge >= 0.3 is 11.9 Å². The van der Waals surface area contributed by atoms with Crippen LogP contribution in [-0.4, -0.2) is 38.1 Å². The van der Waals surface area contributed by atoms with Gasteiger partial charge in [0, 0.05) is 33.3 Å². The predicted octanol–water partition coefficient (Wildman–Crippen LogP) is 3.72. The smallest absolute Gasteiger partial charge is 0.311 e. The van der Waals surface area contributed by atoms with Gasteiger partial charge < -0.3 is 31.8 Å². The second-order valence-corrected chi connectivity index (χ2v) is 7.98. The summed E-state index contributed by atoms with van der Waals surface area (Å²) in [4.78, 5) is 26.5. The monoisotopic (exact) mass is 458 g/mol. The number of rotatable bonds is 7. The van der Waals surface area contributed by atoms with Crippen LogP contribution in [0.2, 0.25) is 0 Å². The highest BCUT2D eigenvalue weighted by Gasteiger charge is 2.26. The van der Waals surface area contributed by atoms with E-state index >= 15 is 0 Å². The molecule has 34 heavy (non-hydrogen) atoms. The Morgan fingerprint density at radius 1 is 1.00 bits per heavy atom. The fraction of sp³-hybridized carbons (Fsp3) is 0.0800. The molecular formula is C25H22N4O5. The second-order valence-electron chi connectivity index (χ2n) is 7.98. The topological polar surface area (TPSA) is 187 Å². The summed E-state index contributed by atoms with van der Waals surface area (Å²) in [5.41, 5.74) is 15.1. The van der Waals surface area contributed by atoms with Gasteiger partial charge in [0.15, 0.2) is 0 Å². The van der Waals surface area contributed by atoms with Gasteiger partial charge in [-0.1, -0.05) is 12.1 Å². The number of hydrogen-bond donors (Lipinski definition) is 7. The highest BCUT2D eigenvalue weighted by Crippen LogP contribution is 2.42. The van der Waals surface area contributed by atoms with Crippen molar-refractivity contribution in [1.29, 1.82) is 5.41 Å². The number of nitrogens with one attached hydrogen (secondary N) is 2. The molecule has 0 bridgehead atoms. The fourth-order valence-electron chi connectivity index (χ4n) is 3.96. The number of aromatic hydroxyl groups is 1. The zero-order chi connectivity index (χ0) is 24.6. The predicted molar refractivity (Wildman–Crippen MR) is 129 cm³/mol. The van der Waals surface area contributed by atoms with Gasteiger partial charge in [0.25, 0.3) is 0 Å². The van der Waals surface area contributed by atoms with Gasteiger partial charge in [-0.15, -0.1) is 0 Å². The molecule has 0 aliphatic carbocycles. The maximum absolute atomic E-state index is 11.9. The Morgan fingerprint density at radius 2 is 1.74 bits per heavy atom. The van der Waals surface area contributed by atoms with Crippen LogP contribution in [0.25, 0.3) is 33.3 Å². The SMILES string of the molecule is N=C(N)c1ccc2[nH]c(-c3cc(C(CC(=O)O)C(=O)O)cc(-c4cccc(N)c4)c3O)cc2c1. The highest BCUT2D eigenvalue weighted by atomic mass is 16.4. The maximum Gasteiger partial charge on any atom is 0.311 e. The number of benzene rings is 3. The number of nitrogen functional groups attached to an aromatic ring is 2. The number of carbonyl (C=O) groups is 2. The minimum atomic E-state index is -1.33. The average Bonchev–Trinajstić information content (AvgIpc) is 3.20. The van der Waals surface area contributed by atoms with Crippen molar-refractivity contribution >= 4 is 34.4 Å². The van der Waals surface area contributed by atoms with Crippen molar-refractivity contribution in [3.8, 4) is 28.1 Å². The van der Waals surface area contributed by atoms with Gasteiger partial charge in [-0.25, -0.2) is 0 Å². The molecule has 4 aromatic rings. The zero-order valence-electron chi connectivity index (χ0n) is 17.9. The van der Waals surface area contributed by atoms with Crippen molar-refractivity contribution in [2.45, 2.75) is 12.3 Å². The van der Waals surface area contributed by atoms with Gasteiger partial charge in [0.1, 0.15) is 11.6 Å². The highest BCUT2D eigenvalue weighted by molar-refractivity contribution is 6.00. The lowest BCUT2D eigenvalue weighted by molar-refractivity contribution is -0.145. The number of amidine groups is 1. The van der Waals surface area contributed by atoms with Crippen LogP contribution in [0.1, 0.15) is 23.5 Å². The lowest BCUT2D eigenvalue weighted by Gasteiger charge is -2.17. The van der Waals surface area contributed by atoms with Crippen LogP contribution in [0.15, 0.2) is 60.7 Å². The van der Waals surface area contributed by atoms with Crippen LogP contribution >= 0.6 is 0 Å². The number of H-pyrrole nitrogens is 1. The summed E-state index contributed by atoms with van der Waals surface area (Å²) < 4.78 is 0. The lowest BCUT2D eigenvalue weighted by Crippen LogP contribution is -2.16. The summed E-state index contributed by atoms with van der Waals surface area (Å²) >= 11 is 0. The molecule has 9 heteroatoms. The molecule has 4 rings (SSSR count). The number of nitrogens with two attached hydrogens (primary N) is 2. The van der Waals surface area contributed by atoms with E-state index in [9.17, 15) is 24.9 Å². The Labute approximate surface area is 193 Å². The van der Waals surface area contributed by atoms with E-state index in [1.165, 1.54) is 12.1 Å². The van der Waals surface area contributed by atoms with E-state index in [-0.39, 0.29) is 17.1 Å². The van der Waals surface area contributed by atoms with E-state index in [1.807, 2.05) is 0 Å². The molecule has 0 saturated heterocycles. The Hall–Kier alpha value is -4.79. The number of carboxylic acid groups (broad SMARTS) is 2. The Balaban J connectivity index is 1.96. The third kappa shape index (κ3) is 4.26. The maximum atomic E-state index is 11.9. The molecule has 0 spiro atoms. The second kappa shape index (κ2) is 8.62. The van der Waals surface area contributed by atoms with Crippen LogP contribution in [0, 0.1) is 5.41 Å². The Morgan fingerprint density at radius 3 is 2.38 bits per heavy atom. The van der Waals surface area contributed by atoms with E-state index in [0.29, 0.717) is 33.6 Å². The van der Waals surface area contributed by atoms with Gasteiger partial charge in [-0.05, 0) is 59.7 Å². The number of phenols is 1. The fourth-order valence-corrected chi connectivity index (χ4v) is 3.96. The summed E-state index contributed by atoms with van der Waals surface area (Å²) in [7, 11) is 0. The molecule has 0 saturated carbocycles. The molecule has 0 amide bonds. The van der Waals surface area contributed by atoms with Crippen LogP contribution in [-0.2, 0) is 9.59 Å². The van der Waals surface area contributed by atoms with E-state index in [4.69, 9.17) is 16.9 Å². The first kappa shape index (κ1) is 22.4. The average molecular weight is 458 g/mol. The number of aromatic amines is 1. The number of fused-ring (bicyclic) bond motifs is 1. The first-order valence-electron chi connectivity index (χ1n) is 10.3. The third-order valence-corrected chi connectivity index (χ3v) is 5.63. The molecular weight excluding hydrogens is 436 g/mol. The molecule has 9 N–H and O–H groups in total. The van der Waals surface area contributed by atoms with Gasteiger partial charge in [-0.3, -0.25) is 15.0 Å². The van der Waals surface area contributed by atoms with Crippen LogP contribution in [0.4, 0.5) is 5.69 Å². The number of aromatic nitrogens is 1. The number of hydrogen-bond acceptors (Lipinski definition) is 5. The summed E-state index contributed by atoms with van der Waals surface area (Å²) in [6, 6.07) is 16.6. The van der Waals surface area contributed by atoms with Crippen molar-refractivity contribution in [3.05, 3.63) is 71.8 Å². The van der Waals surface area contributed by atoms with Crippen molar-refractivity contribution < 1.29 is 24.9 Å². The summed E-state index contributed by atoms with van der Waals surface area (Å²) in [5.74, 6) is -4.08. The number of anilines is 1. The van der Waals surface area contributed by atoms with Crippen molar-refractivity contribution in [1.82, 2.24) is 4.98 Å². The van der Waals surface area contributed by atoms with Gasteiger partial charge in [0.05, 0.1) is 18.0 Å². The standard InChI is InChI=1S/C25H22N4O5/c26-16-3-1-2-12(7-16)17-8-14(18(25(33)34)11-22(30)31)9-19(23(17)32)21-10-15-6-13(24(27)28)4-5-20(15)29-21/h1-10,18,29,32H,11,26H2,(H3,27,28)(H,30,31)(H,33,34).